The third kappa shape index (κ3) is 2.93. The average molecular weight is 259 g/mol. The molecule has 0 heterocycles. The molecule has 0 aromatic heterocycles. The molecule has 0 spiro atoms. The lowest BCUT2D eigenvalue weighted by molar-refractivity contribution is 0.335. The van der Waals surface area contributed by atoms with Crippen molar-refractivity contribution < 1.29 is 9.13 Å². The topological polar surface area (TPSA) is 35.2 Å². The average Bonchev–Trinajstić information content (AvgIpc) is 2.42. The summed E-state index contributed by atoms with van der Waals surface area (Å²) in [4.78, 5) is 0. The minimum absolute atomic E-state index is 0.288. The van der Waals surface area contributed by atoms with Gasteiger partial charge in [-0.2, -0.15) is 0 Å². The Morgan fingerprint density at radius 1 is 1.16 bits per heavy atom. The van der Waals surface area contributed by atoms with Crippen LogP contribution in [-0.4, -0.2) is 6.61 Å². The SMILES string of the molecule is CCOc1ccccc1C(N)c1cc(C)ccc1F. The van der Waals surface area contributed by atoms with Gasteiger partial charge in [-0.25, -0.2) is 4.39 Å². The minimum atomic E-state index is -0.525. The Labute approximate surface area is 113 Å². The minimum Gasteiger partial charge on any atom is -0.494 e. The van der Waals surface area contributed by atoms with Crippen molar-refractivity contribution in [3.05, 3.63) is 65.0 Å². The monoisotopic (exact) mass is 259 g/mol. The predicted octanol–water partition coefficient (Wildman–Crippen LogP) is 3.58. The molecule has 0 aliphatic carbocycles. The van der Waals surface area contributed by atoms with Crippen LogP contribution in [-0.2, 0) is 0 Å². The van der Waals surface area contributed by atoms with Gasteiger partial charge in [0.15, 0.2) is 0 Å². The van der Waals surface area contributed by atoms with Crippen molar-refractivity contribution in [3.63, 3.8) is 0 Å². The number of halogens is 1. The number of hydrogen-bond donors (Lipinski definition) is 1. The summed E-state index contributed by atoms with van der Waals surface area (Å²) in [5.41, 5.74) is 8.48. The molecule has 3 heteroatoms. The van der Waals surface area contributed by atoms with Gasteiger partial charge in [0.1, 0.15) is 11.6 Å². The molecule has 19 heavy (non-hydrogen) atoms. The smallest absolute Gasteiger partial charge is 0.128 e. The molecular weight excluding hydrogens is 241 g/mol. The van der Waals surface area contributed by atoms with Crippen LogP contribution in [0.15, 0.2) is 42.5 Å². The highest BCUT2D eigenvalue weighted by molar-refractivity contribution is 5.42. The fourth-order valence-corrected chi connectivity index (χ4v) is 2.09. The summed E-state index contributed by atoms with van der Waals surface area (Å²) in [6, 6.07) is 11.9. The molecule has 2 rings (SSSR count). The maximum absolute atomic E-state index is 13.9. The van der Waals surface area contributed by atoms with Gasteiger partial charge < -0.3 is 10.5 Å². The van der Waals surface area contributed by atoms with E-state index < -0.39 is 6.04 Å². The molecule has 0 saturated heterocycles. The number of nitrogens with two attached hydrogens (primary N) is 1. The first kappa shape index (κ1) is 13.6. The van der Waals surface area contributed by atoms with Crippen molar-refractivity contribution in [2.24, 2.45) is 5.73 Å². The molecule has 0 radical (unpaired) electrons. The summed E-state index contributed by atoms with van der Waals surface area (Å²) in [5.74, 6) is 0.419. The van der Waals surface area contributed by atoms with Crippen molar-refractivity contribution >= 4 is 0 Å². The Kier molecular flexibility index (Phi) is 4.17. The highest BCUT2D eigenvalue weighted by Gasteiger charge is 2.17. The van der Waals surface area contributed by atoms with Gasteiger partial charge >= 0.3 is 0 Å². The summed E-state index contributed by atoms with van der Waals surface area (Å²) in [6.45, 7) is 4.39. The van der Waals surface area contributed by atoms with Gasteiger partial charge in [0, 0.05) is 11.1 Å². The largest absolute Gasteiger partial charge is 0.494 e. The first-order valence-electron chi connectivity index (χ1n) is 6.36. The van der Waals surface area contributed by atoms with Crippen LogP contribution >= 0.6 is 0 Å². The molecule has 0 aliphatic heterocycles. The van der Waals surface area contributed by atoms with Gasteiger partial charge in [0.2, 0.25) is 0 Å². The molecule has 1 unspecified atom stereocenters. The molecule has 2 aromatic rings. The number of aryl methyl sites for hydroxylation is 1. The lowest BCUT2D eigenvalue weighted by Gasteiger charge is -2.17. The molecule has 0 bridgehead atoms. The fourth-order valence-electron chi connectivity index (χ4n) is 2.09. The van der Waals surface area contributed by atoms with Crippen molar-refractivity contribution in [2.45, 2.75) is 19.9 Å². The van der Waals surface area contributed by atoms with E-state index in [0.717, 1.165) is 11.1 Å². The molecule has 0 fully saturated rings. The Hall–Kier alpha value is -1.87. The Morgan fingerprint density at radius 2 is 1.89 bits per heavy atom. The first-order chi connectivity index (χ1) is 9.13. The van der Waals surface area contributed by atoms with E-state index in [2.05, 4.69) is 0 Å². The maximum Gasteiger partial charge on any atom is 0.128 e. The summed E-state index contributed by atoms with van der Waals surface area (Å²) < 4.78 is 19.4. The number of rotatable bonds is 4. The molecular formula is C16H18FNO. The molecule has 2 N–H and O–H groups in total. The van der Waals surface area contributed by atoms with Gasteiger partial charge in [-0.3, -0.25) is 0 Å². The van der Waals surface area contributed by atoms with E-state index in [9.17, 15) is 4.39 Å². The van der Waals surface area contributed by atoms with Crippen molar-refractivity contribution in [1.29, 1.82) is 0 Å². The van der Waals surface area contributed by atoms with E-state index in [4.69, 9.17) is 10.5 Å². The maximum atomic E-state index is 13.9. The Balaban J connectivity index is 2.43. The molecule has 0 saturated carbocycles. The zero-order valence-corrected chi connectivity index (χ0v) is 11.2. The second kappa shape index (κ2) is 5.85. The van der Waals surface area contributed by atoms with E-state index in [1.165, 1.54) is 6.07 Å². The van der Waals surface area contributed by atoms with Crippen LogP contribution in [0.3, 0.4) is 0 Å². The predicted molar refractivity (Wildman–Crippen MR) is 74.8 cm³/mol. The zero-order valence-electron chi connectivity index (χ0n) is 11.2. The molecule has 0 aliphatic rings. The Morgan fingerprint density at radius 3 is 2.63 bits per heavy atom. The molecule has 0 amide bonds. The highest BCUT2D eigenvalue weighted by Crippen LogP contribution is 2.30. The number of para-hydroxylation sites is 1. The van der Waals surface area contributed by atoms with Crippen LogP contribution in [0.5, 0.6) is 5.75 Å². The van der Waals surface area contributed by atoms with E-state index in [-0.39, 0.29) is 5.82 Å². The first-order valence-corrected chi connectivity index (χ1v) is 6.36. The molecule has 2 aromatic carbocycles. The van der Waals surface area contributed by atoms with Crippen molar-refractivity contribution in [2.75, 3.05) is 6.61 Å². The van der Waals surface area contributed by atoms with Crippen LogP contribution in [0.25, 0.3) is 0 Å². The van der Waals surface area contributed by atoms with Crippen molar-refractivity contribution in [1.82, 2.24) is 0 Å². The van der Waals surface area contributed by atoms with E-state index in [1.807, 2.05) is 38.1 Å². The summed E-state index contributed by atoms with van der Waals surface area (Å²) in [5, 5.41) is 0. The van der Waals surface area contributed by atoms with E-state index in [1.54, 1.807) is 12.1 Å². The van der Waals surface area contributed by atoms with Crippen LogP contribution in [0, 0.1) is 12.7 Å². The number of ether oxygens (including phenoxy) is 1. The third-order valence-electron chi connectivity index (χ3n) is 3.04. The lowest BCUT2D eigenvalue weighted by atomic mass is 9.97. The lowest BCUT2D eigenvalue weighted by Crippen LogP contribution is -2.15. The van der Waals surface area contributed by atoms with Gasteiger partial charge in [-0.05, 0) is 26.0 Å². The summed E-state index contributed by atoms with van der Waals surface area (Å²) >= 11 is 0. The van der Waals surface area contributed by atoms with Gasteiger partial charge in [0.25, 0.3) is 0 Å². The van der Waals surface area contributed by atoms with E-state index >= 15 is 0 Å². The van der Waals surface area contributed by atoms with Gasteiger partial charge in [-0.1, -0.05) is 35.9 Å². The quantitative estimate of drug-likeness (QED) is 0.910. The van der Waals surface area contributed by atoms with Gasteiger partial charge in [-0.15, -0.1) is 0 Å². The fraction of sp³-hybridized carbons (Fsp3) is 0.250. The van der Waals surface area contributed by atoms with Crippen LogP contribution in [0.1, 0.15) is 29.7 Å². The van der Waals surface area contributed by atoms with Crippen LogP contribution < -0.4 is 10.5 Å². The number of hydrogen-bond acceptors (Lipinski definition) is 2. The van der Waals surface area contributed by atoms with Crippen LogP contribution in [0.4, 0.5) is 4.39 Å². The number of benzene rings is 2. The molecule has 2 nitrogen and oxygen atoms in total. The summed E-state index contributed by atoms with van der Waals surface area (Å²) in [6.07, 6.45) is 0. The second-order valence-corrected chi connectivity index (χ2v) is 4.47. The molecule has 100 valence electrons. The second-order valence-electron chi connectivity index (χ2n) is 4.47. The summed E-state index contributed by atoms with van der Waals surface area (Å²) in [7, 11) is 0. The zero-order chi connectivity index (χ0) is 13.8. The third-order valence-corrected chi connectivity index (χ3v) is 3.04. The highest BCUT2D eigenvalue weighted by atomic mass is 19.1. The van der Waals surface area contributed by atoms with Crippen LogP contribution in [0.2, 0.25) is 0 Å². The standard InChI is InChI=1S/C16H18FNO/c1-3-19-15-7-5-4-6-12(15)16(18)13-10-11(2)8-9-14(13)17/h4-10,16H,3,18H2,1-2H3. The molecule has 1 atom stereocenters. The van der Waals surface area contributed by atoms with Gasteiger partial charge in [0.05, 0.1) is 12.6 Å². The normalized spacial score (nSPS) is 12.2. The van der Waals surface area contributed by atoms with E-state index in [0.29, 0.717) is 17.9 Å². The Bertz CT molecular complexity index is 568. The van der Waals surface area contributed by atoms with Crippen molar-refractivity contribution in [3.8, 4) is 5.75 Å².